The van der Waals surface area contributed by atoms with Gasteiger partial charge in [-0.25, -0.2) is 0 Å². The second-order valence-electron chi connectivity index (χ2n) is 17.0. The van der Waals surface area contributed by atoms with Gasteiger partial charge in [0, 0.05) is 0 Å². The summed E-state index contributed by atoms with van der Waals surface area (Å²) in [5.41, 5.74) is 0. The average Bonchev–Trinajstić information content (AvgIpc) is 3.25. The van der Waals surface area contributed by atoms with E-state index in [1.807, 2.05) is 0 Å². The van der Waals surface area contributed by atoms with E-state index < -0.39 is 0 Å². The summed E-state index contributed by atoms with van der Waals surface area (Å²) in [6.07, 6.45) is 72.0. The largest absolute Gasteiger partial charge is 0.0533 e. The molecule has 0 saturated heterocycles. The van der Waals surface area contributed by atoms with Gasteiger partial charge in [-0.1, -0.05) is 308 Å². The maximum absolute atomic E-state index is 1.50. The van der Waals surface area contributed by atoms with E-state index in [9.17, 15) is 0 Å². The average molecular weight is 673 g/mol. The smallest absolute Gasteiger partial charge is 0.0533 e. The molecular weight excluding hydrogens is 577 g/mol. The molecule has 0 aromatic carbocycles. The SMILES string of the molecule is C1CCCCC1.C1CCCCC1.C1CCCCC1.C1CCCCC1.C1CCCCC1.C1CCCCC1.C1CCCCC1.C1CCCCC1. The van der Waals surface area contributed by atoms with Crippen LogP contribution in [0.25, 0.3) is 0 Å². The van der Waals surface area contributed by atoms with E-state index in [1.165, 1.54) is 308 Å². The quantitative estimate of drug-likeness (QED) is 0.240. The highest BCUT2D eigenvalue weighted by Gasteiger charge is 1.99. The lowest BCUT2D eigenvalue weighted by Crippen LogP contribution is -1.85. The molecule has 0 bridgehead atoms. The number of rotatable bonds is 0. The van der Waals surface area contributed by atoms with Crippen LogP contribution in [0.2, 0.25) is 0 Å². The number of hydrogen-bond donors (Lipinski definition) is 0. The molecule has 8 aliphatic carbocycles. The summed E-state index contributed by atoms with van der Waals surface area (Å²) in [6.45, 7) is 0. The maximum Gasteiger partial charge on any atom is -0.0533 e. The summed E-state index contributed by atoms with van der Waals surface area (Å²) >= 11 is 0. The normalized spacial score (nSPS) is 24.0. The van der Waals surface area contributed by atoms with Gasteiger partial charge in [-0.3, -0.25) is 0 Å². The van der Waals surface area contributed by atoms with Crippen molar-refractivity contribution in [1.82, 2.24) is 0 Å². The Bertz CT molecular complexity index is 268. The lowest BCUT2D eigenvalue weighted by molar-refractivity contribution is 0.504. The Hall–Kier alpha value is 0. The topological polar surface area (TPSA) is 0 Å². The zero-order chi connectivity index (χ0) is 33.9. The molecule has 0 aliphatic heterocycles. The second kappa shape index (κ2) is 43.2. The Labute approximate surface area is 307 Å². The zero-order valence-corrected chi connectivity index (χ0v) is 33.9. The molecule has 0 aromatic heterocycles. The van der Waals surface area contributed by atoms with E-state index in [0.29, 0.717) is 0 Å². The summed E-state index contributed by atoms with van der Waals surface area (Å²) < 4.78 is 0. The van der Waals surface area contributed by atoms with E-state index in [2.05, 4.69) is 0 Å². The molecule has 0 nitrogen and oxygen atoms in total. The molecule has 0 aromatic rings. The minimum atomic E-state index is 1.50. The first kappa shape index (κ1) is 46.0. The third-order valence-corrected chi connectivity index (χ3v) is 12.0. The molecule has 8 aliphatic rings. The fraction of sp³-hybridized carbons (Fsp3) is 1.00. The monoisotopic (exact) mass is 673 g/mol. The van der Waals surface area contributed by atoms with Crippen LogP contribution in [0.4, 0.5) is 0 Å². The van der Waals surface area contributed by atoms with Crippen molar-refractivity contribution < 1.29 is 0 Å². The minimum absolute atomic E-state index is 1.50. The summed E-state index contributed by atoms with van der Waals surface area (Å²) in [6, 6.07) is 0. The lowest BCUT2D eigenvalue weighted by atomic mass is 10.0. The summed E-state index contributed by atoms with van der Waals surface area (Å²) in [4.78, 5) is 0. The molecule has 8 saturated carbocycles. The van der Waals surface area contributed by atoms with E-state index in [4.69, 9.17) is 0 Å². The van der Waals surface area contributed by atoms with Gasteiger partial charge >= 0.3 is 0 Å². The van der Waals surface area contributed by atoms with Gasteiger partial charge in [-0.15, -0.1) is 0 Å². The molecule has 0 heterocycles. The first-order valence-corrected chi connectivity index (χ1v) is 24.0. The van der Waals surface area contributed by atoms with Gasteiger partial charge in [0.15, 0.2) is 0 Å². The predicted octanol–water partition coefficient (Wildman–Crippen LogP) is 18.7. The molecule has 0 radical (unpaired) electrons. The maximum atomic E-state index is 1.50. The summed E-state index contributed by atoms with van der Waals surface area (Å²) in [5, 5.41) is 0. The van der Waals surface area contributed by atoms with Crippen LogP contribution in [0, 0.1) is 0 Å². The zero-order valence-electron chi connectivity index (χ0n) is 33.9. The Morgan fingerprint density at radius 2 is 0.0625 bits per heavy atom. The van der Waals surface area contributed by atoms with Crippen LogP contribution in [0.3, 0.4) is 0 Å². The molecule has 8 fully saturated rings. The summed E-state index contributed by atoms with van der Waals surface area (Å²) in [5.74, 6) is 0. The highest BCUT2D eigenvalue weighted by molar-refractivity contribution is 4.55. The highest BCUT2D eigenvalue weighted by atomic mass is 14.1. The van der Waals surface area contributed by atoms with Crippen LogP contribution in [0.15, 0.2) is 0 Å². The Kier molecular flexibility index (Phi) is 41.4. The lowest BCUT2D eigenvalue weighted by Gasteiger charge is -2.05. The van der Waals surface area contributed by atoms with Gasteiger partial charge in [0.05, 0.1) is 0 Å². The van der Waals surface area contributed by atoms with Crippen molar-refractivity contribution in [3.8, 4) is 0 Å². The van der Waals surface area contributed by atoms with E-state index in [1.54, 1.807) is 0 Å². The van der Waals surface area contributed by atoms with Crippen LogP contribution in [-0.2, 0) is 0 Å². The highest BCUT2D eigenvalue weighted by Crippen LogP contribution is 2.19. The van der Waals surface area contributed by atoms with Crippen molar-refractivity contribution in [3.05, 3.63) is 0 Å². The Balaban J connectivity index is 0.000000274. The van der Waals surface area contributed by atoms with Gasteiger partial charge in [-0.2, -0.15) is 0 Å². The molecule has 0 unspecified atom stereocenters. The molecule has 0 atom stereocenters. The molecule has 0 N–H and O–H groups in total. The van der Waals surface area contributed by atoms with Crippen molar-refractivity contribution in [3.63, 3.8) is 0 Å². The fourth-order valence-electron chi connectivity index (χ4n) is 8.49. The molecule has 0 spiro atoms. The van der Waals surface area contributed by atoms with E-state index in [-0.39, 0.29) is 0 Å². The van der Waals surface area contributed by atoms with Crippen molar-refractivity contribution in [2.45, 2.75) is 308 Å². The standard InChI is InChI=1S/8C6H12/c8*1-2-4-6-5-3-1/h8*1-6H2. The van der Waals surface area contributed by atoms with Crippen LogP contribution in [0.5, 0.6) is 0 Å². The Morgan fingerprint density at radius 3 is 0.0833 bits per heavy atom. The predicted molar refractivity (Wildman–Crippen MR) is 222 cm³/mol. The van der Waals surface area contributed by atoms with Crippen molar-refractivity contribution in [1.29, 1.82) is 0 Å². The van der Waals surface area contributed by atoms with Crippen LogP contribution in [0.1, 0.15) is 308 Å². The van der Waals surface area contributed by atoms with Crippen molar-refractivity contribution >= 4 is 0 Å². The fourth-order valence-corrected chi connectivity index (χ4v) is 8.49. The van der Waals surface area contributed by atoms with Crippen LogP contribution >= 0.6 is 0 Å². The molecule has 0 heteroatoms. The molecule has 288 valence electrons. The van der Waals surface area contributed by atoms with E-state index in [0.717, 1.165) is 0 Å². The molecule has 0 amide bonds. The van der Waals surface area contributed by atoms with Gasteiger partial charge < -0.3 is 0 Å². The van der Waals surface area contributed by atoms with E-state index >= 15 is 0 Å². The van der Waals surface area contributed by atoms with Gasteiger partial charge in [0.25, 0.3) is 0 Å². The third kappa shape index (κ3) is 40.4. The van der Waals surface area contributed by atoms with Gasteiger partial charge in [-0.05, 0) is 0 Å². The van der Waals surface area contributed by atoms with Gasteiger partial charge in [0.2, 0.25) is 0 Å². The third-order valence-electron chi connectivity index (χ3n) is 12.0. The van der Waals surface area contributed by atoms with Crippen molar-refractivity contribution in [2.24, 2.45) is 0 Å². The summed E-state index contributed by atoms with van der Waals surface area (Å²) in [7, 11) is 0. The number of hydrogen-bond acceptors (Lipinski definition) is 0. The van der Waals surface area contributed by atoms with Crippen molar-refractivity contribution in [2.75, 3.05) is 0 Å². The second-order valence-corrected chi connectivity index (χ2v) is 17.0. The minimum Gasteiger partial charge on any atom is -0.0533 e. The molecular formula is C48H96. The van der Waals surface area contributed by atoms with Gasteiger partial charge in [0.1, 0.15) is 0 Å². The first-order valence-electron chi connectivity index (χ1n) is 24.0. The molecule has 48 heavy (non-hydrogen) atoms. The van der Waals surface area contributed by atoms with Crippen LogP contribution < -0.4 is 0 Å². The van der Waals surface area contributed by atoms with Crippen LogP contribution in [-0.4, -0.2) is 0 Å². The molecule has 8 rings (SSSR count). The first-order chi connectivity index (χ1) is 24.0. The Morgan fingerprint density at radius 1 is 0.0417 bits per heavy atom.